The van der Waals surface area contributed by atoms with Gasteiger partial charge in [-0.3, -0.25) is 9.59 Å². The highest BCUT2D eigenvalue weighted by Gasteiger charge is 2.39. The van der Waals surface area contributed by atoms with Crippen molar-refractivity contribution in [1.82, 2.24) is 4.90 Å². The molecule has 0 spiro atoms. The number of rotatable bonds is 4. The molecule has 2 aliphatic rings. The predicted molar refractivity (Wildman–Crippen MR) is 60.5 cm³/mol. The first-order valence-electron chi connectivity index (χ1n) is 6.18. The third-order valence-electron chi connectivity index (χ3n) is 3.70. The quantitative estimate of drug-likeness (QED) is 0.788. The van der Waals surface area contributed by atoms with Gasteiger partial charge in [-0.05, 0) is 31.6 Å². The van der Waals surface area contributed by atoms with Crippen LogP contribution in [0.4, 0.5) is 0 Å². The maximum atomic E-state index is 12.1. The van der Waals surface area contributed by atoms with E-state index in [1.165, 1.54) is 0 Å². The normalized spacial score (nSPS) is 23.5. The van der Waals surface area contributed by atoms with E-state index in [1.807, 2.05) is 0 Å². The second-order valence-corrected chi connectivity index (χ2v) is 4.93. The molecule has 1 heterocycles. The van der Waals surface area contributed by atoms with Gasteiger partial charge in [0.2, 0.25) is 0 Å². The predicted octanol–water partition coefficient (Wildman–Crippen LogP) is 0.735. The molecule has 1 saturated heterocycles. The van der Waals surface area contributed by atoms with Gasteiger partial charge in [-0.1, -0.05) is 0 Å². The number of amides is 1. The summed E-state index contributed by atoms with van der Waals surface area (Å²) < 4.78 is 5.26. The number of likely N-dealkylation sites (tertiary alicyclic amines) is 1. The highest BCUT2D eigenvalue weighted by molar-refractivity contribution is 5.82. The Bertz CT molecular complexity index is 306. The summed E-state index contributed by atoms with van der Waals surface area (Å²) in [6.45, 7) is 1.09. The zero-order valence-corrected chi connectivity index (χ0v) is 10.1. The van der Waals surface area contributed by atoms with Gasteiger partial charge in [0.1, 0.15) is 6.10 Å². The van der Waals surface area contributed by atoms with Gasteiger partial charge < -0.3 is 14.7 Å². The fourth-order valence-electron chi connectivity index (χ4n) is 2.42. The van der Waals surface area contributed by atoms with Crippen molar-refractivity contribution in [2.24, 2.45) is 11.8 Å². The zero-order chi connectivity index (χ0) is 12.4. The summed E-state index contributed by atoms with van der Waals surface area (Å²) in [6.07, 6.45) is 2.94. The molecule has 17 heavy (non-hydrogen) atoms. The number of ether oxygens (including phenoxy) is 1. The Balaban J connectivity index is 1.87. The Kier molecular flexibility index (Phi) is 3.66. The van der Waals surface area contributed by atoms with Crippen LogP contribution in [-0.4, -0.2) is 48.2 Å². The van der Waals surface area contributed by atoms with Crippen molar-refractivity contribution in [2.75, 3.05) is 20.2 Å². The van der Waals surface area contributed by atoms with E-state index < -0.39 is 5.97 Å². The van der Waals surface area contributed by atoms with E-state index in [-0.39, 0.29) is 17.9 Å². The summed E-state index contributed by atoms with van der Waals surface area (Å²) in [5, 5.41) is 8.89. The summed E-state index contributed by atoms with van der Waals surface area (Å²) in [5.41, 5.74) is 0. The van der Waals surface area contributed by atoms with E-state index in [4.69, 9.17) is 9.84 Å². The maximum absolute atomic E-state index is 12.1. The Morgan fingerprint density at radius 1 is 1.24 bits per heavy atom. The molecule has 0 bridgehead atoms. The van der Waals surface area contributed by atoms with Crippen LogP contribution in [-0.2, 0) is 14.3 Å². The highest BCUT2D eigenvalue weighted by Crippen LogP contribution is 2.35. The first-order valence-corrected chi connectivity index (χ1v) is 6.18. The smallest absolute Gasteiger partial charge is 0.306 e. The van der Waals surface area contributed by atoms with E-state index in [0.29, 0.717) is 31.8 Å². The van der Waals surface area contributed by atoms with Crippen LogP contribution in [0.5, 0.6) is 0 Å². The lowest BCUT2D eigenvalue weighted by atomic mass is 9.96. The lowest BCUT2D eigenvalue weighted by molar-refractivity contribution is -0.150. The molecule has 0 aromatic carbocycles. The molecular weight excluding hydrogens is 222 g/mol. The minimum absolute atomic E-state index is 0.0406. The Labute approximate surface area is 101 Å². The number of hydrogen-bond acceptors (Lipinski definition) is 3. The third kappa shape index (κ3) is 2.77. The Morgan fingerprint density at radius 2 is 1.82 bits per heavy atom. The number of carboxylic acid groups (broad SMARTS) is 1. The number of carbonyl (C=O) groups excluding carboxylic acids is 1. The number of carbonyl (C=O) groups is 2. The van der Waals surface area contributed by atoms with Gasteiger partial charge in [0.15, 0.2) is 0 Å². The van der Waals surface area contributed by atoms with Gasteiger partial charge in [0.05, 0.1) is 5.92 Å². The molecule has 0 aromatic heterocycles. The molecule has 1 atom stereocenters. The van der Waals surface area contributed by atoms with Crippen molar-refractivity contribution in [3.8, 4) is 0 Å². The van der Waals surface area contributed by atoms with Gasteiger partial charge in [0, 0.05) is 20.2 Å². The van der Waals surface area contributed by atoms with Crippen LogP contribution in [0.1, 0.15) is 25.7 Å². The van der Waals surface area contributed by atoms with Crippen molar-refractivity contribution >= 4 is 11.9 Å². The maximum Gasteiger partial charge on any atom is 0.306 e. The van der Waals surface area contributed by atoms with Gasteiger partial charge in [-0.25, -0.2) is 0 Å². The molecule has 2 fully saturated rings. The minimum Gasteiger partial charge on any atom is -0.481 e. The molecule has 1 N–H and O–H groups in total. The molecule has 1 aliphatic carbocycles. The second-order valence-electron chi connectivity index (χ2n) is 4.93. The number of nitrogens with zero attached hydrogens (tertiary/aromatic N) is 1. The van der Waals surface area contributed by atoms with Gasteiger partial charge >= 0.3 is 5.97 Å². The molecule has 1 saturated carbocycles. The van der Waals surface area contributed by atoms with Crippen molar-refractivity contribution in [3.63, 3.8) is 0 Å². The molecule has 1 aliphatic heterocycles. The number of piperidine rings is 1. The highest BCUT2D eigenvalue weighted by atomic mass is 16.5. The van der Waals surface area contributed by atoms with Crippen LogP contribution in [0, 0.1) is 11.8 Å². The first-order chi connectivity index (χ1) is 8.13. The number of methoxy groups -OCH3 is 1. The van der Waals surface area contributed by atoms with Crippen molar-refractivity contribution in [2.45, 2.75) is 31.8 Å². The summed E-state index contributed by atoms with van der Waals surface area (Å²) in [6, 6.07) is 0. The molecule has 5 heteroatoms. The molecule has 1 unspecified atom stereocenters. The fourth-order valence-corrected chi connectivity index (χ4v) is 2.42. The van der Waals surface area contributed by atoms with Crippen molar-refractivity contribution < 1.29 is 19.4 Å². The largest absolute Gasteiger partial charge is 0.481 e. The van der Waals surface area contributed by atoms with E-state index in [9.17, 15) is 9.59 Å². The van der Waals surface area contributed by atoms with Crippen LogP contribution in [0.25, 0.3) is 0 Å². The number of carboxylic acids is 1. The van der Waals surface area contributed by atoms with Crippen molar-refractivity contribution in [3.05, 3.63) is 0 Å². The summed E-state index contributed by atoms with van der Waals surface area (Å²) in [4.78, 5) is 24.7. The fraction of sp³-hybridized carbons (Fsp3) is 0.833. The average molecular weight is 241 g/mol. The Morgan fingerprint density at radius 3 is 2.24 bits per heavy atom. The van der Waals surface area contributed by atoms with Crippen LogP contribution < -0.4 is 0 Å². The lowest BCUT2D eigenvalue weighted by Gasteiger charge is -2.32. The minimum atomic E-state index is -0.748. The summed E-state index contributed by atoms with van der Waals surface area (Å²) in [5.74, 6) is -0.618. The monoisotopic (exact) mass is 241 g/mol. The zero-order valence-electron chi connectivity index (χ0n) is 10.1. The molecule has 5 nitrogen and oxygen atoms in total. The average Bonchev–Trinajstić information content (AvgIpc) is 3.14. The standard InChI is InChI=1S/C12H19NO4/c1-17-10(8-2-3-8)11(14)13-6-4-9(5-7-13)12(15)16/h8-10H,2-7H2,1H3,(H,15,16). The molecule has 2 rings (SSSR count). The van der Waals surface area contributed by atoms with Crippen LogP contribution in [0.2, 0.25) is 0 Å². The van der Waals surface area contributed by atoms with Crippen molar-refractivity contribution in [1.29, 1.82) is 0 Å². The van der Waals surface area contributed by atoms with E-state index in [1.54, 1.807) is 12.0 Å². The number of aliphatic carboxylic acids is 1. The van der Waals surface area contributed by atoms with E-state index in [2.05, 4.69) is 0 Å². The lowest BCUT2D eigenvalue weighted by Crippen LogP contribution is -2.46. The van der Waals surface area contributed by atoms with Gasteiger partial charge in [-0.2, -0.15) is 0 Å². The van der Waals surface area contributed by atoms with Gasteiger partial charge in [0.25, 0.3) is 5.91 Å². The van der Waals surface area contributed by atoms with E-state index in [0.717, 1.165) is 12.8 Å². The van der Waals surface area contributed by atoms with Crippen LogP contribution >= 0.6 is 0 Å². The summed E-state index contributed by atoms with van der Waals surface area (Å²) >= 11 is 0. The topological polar surface area (TPSA) is 66.8 Å². The van der Waals surface area contributed by atoms with Gasteiger partial charge in [-0.15, -0.1) is 0 Å². The van der Waals surface area contributed by atoms with E-state index >= 15 is 0 Å². The number of hydrogen-bond donors (Lipinski definition) is 1. The second kappa shape index (κ2) is 5.04. The molecule has 1 amide bonds. The molecular formula is C12H19NO4. The Hall–Kier alpha value is -1.10. The molecule has 0 aromatic rings. The first kappa shape index (κ1) is 12.4. The molecule has 0 radical (unpaired) electrons. The summed E-state index contributed by atoms with van der Waals surface area (Å²) in [7, 11) is 1.57. The SMILES string of the molecule is COC(C(=O)N1CCC(C(=O)O)CC1)C1CC1. The third-order valence-corrected chi connectivity index (χ3v) is 3.70. The molecule has 96 valence electrons. The van der Waals surface area contributed by atoms with Crippen LogP contribution in [0.15, 0.2) is 0 Å². The van der Waals surface area contributed by atoms with Crippen LogP contribution in [0.3, 0.4) is 0 Å².